The molecule has 0 bridgehead atoms. The molecule has 24 heavy (non-hydrogen) atoms. The number of hydrogen-bond donors (Lipinski definition) is 2. The van der Waals surface area contributed by atoms with Gasteiger partial charge in [-0.15, -0.1) is 0 Å². The SMILES string of the molecule is C=C(NCC1=CC(C)=C(C)CC=C1)c1ncnc2c(N)n(C)nc12. The van der Waals surface area contributed by atoms with E-state index in [0.29, 0.717) is 34.8 Å². The average molecular weight is 322 g/mol. The first-order chi connectivity index (χ1) is 11.5. The molecule has 0 aromatic carbocycles. The number of aromatic nitrogens is 4. The van der Waals surface area contributed by atoms with Crippen molar-refractivity contribution in [2.75, 3.05) is 12.3 Å². The molecular weight excluding hydrogens is 300 g/mol. The van der Waals surface area contributed by atoms with Crippen LogP contribution in [0.2, 0.25) is 0 Å². The fraction of sp³-hybridized carbons (Fsp3) is 0.278. The molecule has 2 heterocycles. The van der Waals surface area contributed by atoms with Gasteiger partial charge < -0.3 is 11.1 Å². The Balaban J connectivity index is 1.81. The summed E-state index contributed by atoms with van der Waals surface area (Å²) in [6.07, 6.45) is 9.02. The molecule has 6 heteroatoms. The average Bonchev–Trinajstić information content (AvgIpc) is 2.75. The summed E-state index contributed by atoms with van der Waals surface area (Å²) in [6, 6.07) is 0. The van der Waals surface area contributed by atoms with Crippen molar-refractivity contribution < 1.29 is 0 Å². The number of nitrogens with two attached hydrogens (primary N) is 1. The fourth-order valence-corrected chi connectivity index (χ4v) is 2.64. The van der Waals surface area contributed by atoms with Crippen LogP contribution in [0.25, 0.3) is 16.7 Å². The Kier molecular flexibility index (Phi) is 4.20. The lowest BCUT2D eigenvalue weighted by molar-refractivity contribution is 0.790. The van der Waals surface area contributed by atoms with Crippen LogP contribution in [0.15, 0.2) is 47.9 Å². The molecule has 2 aromatic rings. The van der Waals surface area contributed by atoms with Gasteiger partial charge in [0, 0.05) is 13.6 Å². The largest absolute Gasteiger partial charge is 0.382 e. The number of rotatable bonds is 4. The maximum Gasteiger partial charge on any atom is 0.148 e. The van der Waals surface area contributed by atoms with Crippen LogP contribution in [0.3, 0.4) is 0 Å². The van der Waals surface area contributed by atoms with Crippen molar-refractivity contribution in [3.8, 4) is 0 Å². The number of fused-ring (bicyclic) bond motifs is 1. The first kappa shape index (κ1) is 16.0. The lowest BCUT2D eigenvalue weighted by atomic mass is 10.1. The third-order valence-corrected chi connectivity index (χ3v) is 4.29. The summed E-state index contributed by atoms with van der Waals surface area (Å²) in [5.74, 6) is 0.520. The molecule has 0 unspecified atom stereocenters. The van der Waals surface area contributed by atoms with Gasteiger partial charge in [0.1, 0.15) is 28.9 Å². The van der Waals surface area contributed by atoms with Gasteiger partial charge in [-0.2, -0.15) is 5.10 Å². The van der Waals surface area contributed by atoms with Gasteiger partial charge in [-0.05, 0) is 25.8 Å². The van der Waals surface area contributed by atoms with Crippen molar-refractivity contribution in [1.29, 1.82) is 0 Å². The van der Waals surface area contributed by atoms with Crippen molar-refractivity contribution in [2.45, 2.75) is 20.3 Å². The summed E-state index contributed by atoms with van der Waals surface area (Å²) in [4.78, 5) is 8.53. The third-order valence-electron chi connectivity index (χ3n) is 4.29. The van der Waals surface area contributed by atoms with Gasteiger partial charge in [0.2, 0.25) is 0 Å². The summed E-state index contributed by atoms with van der Waals surface area (Å²) in [7, 11) is 1.79. The van der Waals surface area contributed by atoms with E-state index >= 15 is 0 Å². The fourth-order valence-electron chi connectivity index (χ4n) is 2.64. The first-order valence-electron chi connectivity index (χ1n) is 7.87. The van der Waals surface area contributed by atoms with E-state index in [1.54, 1.807) is 11.7 Å². The number of allylic oxidation sites excluding steroid dienone is 4. The highest BCUT2D eigenvalue weighted by Gasteiger charge is 2.14. The number of hydrogen-bond acceptors (Lipinski definition) is 5. The zero-order valence-electron chi connectivity index (χ0n) is 14.3. The number of nitrogens with one attached hydrogen (secondary N) is 1. The highest BCUT2D eigenvalue weighted by molar-refractivity contribution is 5.91. The molecule has 3 rings (SSSR count). The van der Waals surface area contributed by atoms with Gasteiger partial charge in [-0.1, -0.05) is 36.0 Å². The summed E-state index contributed by atoms with van der Waals surface area (Å²) in [5.41, 5.74) is 12.6. The summed E-state index contributed by atoms with van der Waals surface area (Å²) >= 11 is 0. The predicted molar refractivity (Wildman–Crippen MR) is 98.0 cm³/mol. The molecule has 0 amide bonds. The molecule has 0 aliphatic heterocycles. The first-order valence-corrected chi connectivity index (χ1v) is 7.87. The quantitative estimate of drug-likeness (QED) is 0.904. The van der Waals surface area contributed by atoms with Crippen molar-refractivity contribution in [1.82, 2.24) is 25.1 Å². The molecule has 0 fully saturated rings. The van der Waals surface area contributed by atoms with Gasteiger partial charge in [0.25, 0.3) is 0 Å². The van der Waals surface area contributed by atoms with E-state index in [-0.39, 0.29) is 0 Å². The Morgan fingerprint density at radius 2 is 2.12 bits per heavy atom. The highest BCUT2D eigenvalue weighted by Crippen LogP contribution is 2.22. The smallest absolute Gasteiger partial charge is 0.148 e. The third kappa shape index (κ3) is 2.95. The molecule has 3 N–H and O–H groups in total. The van der Waals surface area contributed by atoms with Crippen LogP contribution < -0.4 is 11.1 Å². The Morgan fingerprint density at radius 3 is 2.92 bits per heavy atom. The van der Waals surface area contributed by atoms with Crippen LogP contribution in [-0.4, -0.2) is 26.3 Å². The normalized spacial score (nSPS) is 14.7. The van der Waals surface area contributed by atoms with E-state index in [1.165, 1.54) is 23.0 Å². The number of nitrogen functional groups attached to an aromatic ring is 1. The Hall–Kier alpha value is -2.89. The molecule has 0 saturated heterocycles. The number of aryl methyl sites for hydroxylation is 1. The maximum atomic E-state index is 5.98. The van der Waals surface area contributed by atoms with Gasteiger partial charge in [-0.25, -0.2) is 9.97 Å². The van der Waals surface area contributed by atoms with E-state index in [0.717, 1.165) is 6.42 Å². The second kappa shape index (κ2) is 6.31. The van der Waals surface area contributed by atoms with E-state index < -0.39 is 0 Å². The molecule has 0 radical (unpaired) electrons. The highest BCUT2D eigenvalue weighted by atomic mass is 15.3. The lowest BCUT2D eigenvalue weighted by Gasteiger charge is -2.10. The van der Waals surface area contributed by atoms with Crippen molar-refractivity contribution in [3.63, 3.8) is 0 Å². The van der Waals surface area contributed by atoms with Crippen LogP contribution in [0.1, 0.15) is 26.0 Å². The lowest BCUT2D eigenvalue weighted by Crippen LogP contribution is -2.15. The van der Waals surface area contributed by atoms with Crippen molar-refractivity contribution >= 4 is 22.5 Å². The minimum Gasteiger partial charge on any atom is -0.382 e. The van der Waals surface area contributed by atoms with E-state index in [1.807, 2.05) is 0 Å². The molecule has 0 saturated carbocycles. The van der Waals surface area contributed by atoms with E-state index in [4.69, 9.17) is 5.73 Å². The molecule has 6 nitrogen and oxygen atoms in total. The molecule has 0 atom stereocenters. The van der Waals surface area contributed by atoms with Crippen LogP contribution >= 0.6 is 0 Å². The van der Waals surface area contributed by atoms with Gasteiger partial charge in [0.05, 0.1) is 5.70 Å². The topological polar surface area (TPSA) is 81.6 Å². The van der Waals surface area contributed by atoms with Crippen molar-refractivity contribution in [3.05, 3.63) is 53.5 Å². The Morgan fingerprint density at radius 1 is 1.33 bits per heavy atom. The van der Waals surface area contributed by atoms with Gasteiger partial charge in [-0.3, -0.25) is 4.68 Å². The minimum atomic E-state index is 0.520. The zero-order valence-corrected chi connectivity index (χ0v) is 14.3. The van der Waals surface area contributed by atoms with E-state index in [2.05, 4.69) is 59.0 Å². The van der Waals surface area contributed by atoms with Crippen LogP contribution in [0.5, 0.6) is 0 Å². The van der Waals surface area contributed by atoms with Crippen molar-refractivity contribution in [2.24, 2.45) is 7.05 Å². The van der Waals surface area contributed by atoms with Crippen LogP contribution in [0.4, 0.5) is 5.82 Å². The second-order valence-electron chi connectivity index (χ2n) is 6.05. The van der Waals surface area contributed by atoms with Crippen LogP contribution in [-0.2, 0) is 7.05 Å². The minimum absolute atomic E-state index is 0.520. The Bertz CT molecular complexity index is 898. The maximum absolute atomic E-state index is 5.98. The summed E-state index contributed by atoms with van der Waals surface area (Å²) in [5, 5.41) is 7.73. The Labute approximate surface area is 141 Å². The zero-order chi connectivity index (χ0) is 17.3. The molecule has 1 aliphatic rings. The predicted octanol–water partition coefficient (Wildman–Crippen LogP) is 2.73. The number of nitrogens with zero attached hydrogens (tertiary/aromatic N) is 4. The van der Waals surface area contributed by atoms with Gasteiger partial charge in [0.15, 0.2) is 0 Å². The summed E-state index contributed by atoms with van der Waals surface area (Å²) < 4.78 is 1.60. The van der Waals surface area contributed by atoms with E-state index in [9.17, 15) is 0 Å². The number of anilines is 1. The van der Waals surface area contributed by atoms with Crippen LogP contribution in [0, 0.1) is 0 Å². The monoisotopic (exact) mass is 322 g/mol. The second-order valence-corrected chi connectivity index (χ2v) is 6.05. The molecular formula is C18H22N6. The molecule has 124 valence electrons. The standard InChI is InChI=1S/C18H22N6/c1-11-6-5-7-14(8-12(11)2)9-20-13(3)15-16-17(22-10-21-15)18(19)24(4)23-16/h5,7-8,10,20H,3,6,9,19H2,1-2,4H3. The molecule has 2 aromatic heterocycles. The molecule has 0 spiro atoms. The summed E-state index contributed by atoms with van der Waals surface area (Å²) in [6.45, 7) is 9.08. The molecule has 1 aliphatic carbocycles. The van der Waals surface area contributed by atoms with Gasteiger partial charge >= 0.3 is 0 Å².